The van der Waals surface area contributed by atoms with E-state index in [1.54, 1.807) is 5.70 Å². The molecule has 0 N–H and O–H groups in total. The Balaban J connectivity index is 0.000000774. The predicted molar refractivity (Wildman–Crippen MR) is 93.2 cm³/mol. The fraction of sp³-hybridized carbons (Fsp3) is 0.500. The Kier molecular flexibility index (Phi) is 6.59. The summed E-state index contributed by atoms with van der Waals surface area (Å²) in [5.41, 5.74) is 4.56. The van der Waals surface area contributed by atoms with Crippen LogP contribution in [0.3, 0.4) is 0 Å². The highest BCUT2D eigenvalue weighted by Gasteiger charge is 2.16. The standard InChI is InChI=1S/C18H23N.C2H6/c1-2-5-9-16(8-4-1)17-12-14-19(15-13-17)18-10-6-3-7-11-18;1-2/h1-2,4,8-10,12H,3,5-7,11,13-15H2;1-2H3. The molecule has 1 heteroatoms. The summed E-state index contributed by atoms with van der Waals surface area (Å²) in [5.74, 6) is 0. The molecule has 0 saturated carbocycles. The Bertz CT molecular complexity index is 474. The third kappa shape index (κ3) is 4.49. The summed E-state index contributed by atoms with van der Waals surface area (Å²) >= 11 is 0. The molecule has 114 valence electrons. The quantitative estimate of drug-likeness (QED) is 0.642. The SMILES string of the molecule is C1=CCC=C(C2=CCN(C3=CCCCC3)CC2)C=C1.CC. The molecule has 0 amide bonds. The van der Waals surface area contributed by atoms with E-state index in [-0.39, 0.29) is 0 Å². The van der Waals surface area contributed by atoms with E-state index in [0.29, 0.717) is 0 Å². The lowest BCUT2D eigenvalue weighted by Crippen LogP contribution is -2.29. The first-order valence-corrected chi connectivity index (χ1v) is 8.60. The van der Waals surface area contributed by atoms with E-state index in [1.165, 1.54) is 49.8 Å². The molecule has 0 atom stereocenters. The van der Waals surface area contributed by atoms with Gasteiger partial charge < -0.3 is 4.90 Å². The number of rotatable bonds is 2. The van der Waals surface area contributed by atoms with Crippen molar-refractivity contribution in [2.45, 2.75) is 52.4 Å². The molecule has 3 aliphatic rings. The minimum atomic E-state index is 1.06. The average Bonchev–Trinajstić information content (AvgIpc) is 2.87. The monoisotopic (exact) mass is 283 g/mol. The largest absolute Gasteiger partial charge is 0.371 e. The zero-order valence-electron chi connectivity index (χ0n) is 13.6. The third-order valence-electron chi connectivity index (χ3n) is 4.25. The summed E-state index contributed by atoms with van der Waals surface area (Å²) in [6.45, 7) is 6.29. The molecule has 0 unspecified atom stereocenters. The van der Waals surface area contributed by atoms with Crippen LogP contribution in [0.4, 0.5) is 0 Å². The molecule has 1 nitrogen and oxygen atoms in total. The molecule has 2 aliphatic carbocycles. The second-order valence-electron chi connectivity index (χ2n) is 5.55. The van der Waals surface area contributed by atoms with Crippen molar-refractivity contribution >= 4 is 0 Å². The molecular formula is C20H29N. The normalized spacial score (nSPS) is 21.6. The first-order valence-electron chi connectivity index (χ1n) is 8.60. The lowest BCUT2D eigenvalue weighted by molar-refractivity contribution is 0.345. The number of nitrogens with zero attached hydrogens (tertiary/aromatic N) is 1. The molecule has 1 heterocycles. The first kappa shape index (κ1) is 15.9. The molecule has 0 radical (unpaired) electrons. The maximum atomic E-state index is 2.57. The second kappa shape index (κ2) is 8.71. The van der Waals surface area contributed by atoms with Gasteiger partial charge in [-0.25, -0.2) is 0 Å². The van der Waals surface area contributed by atoms with Gasteiger partial charge in [0.15, 0.2) is 0 Å². The van der Waals surface area contributed by atoms with Gasteiger partial charge in [0, 0.05) is 18.8 Å². The molecular weight excluding hydrogens is 254 g/mol. The molecule has 0 aromatic carbocycles. The first-order chi connectivity index (χ1) is 10.4. The van der Waals surface area contributed by atoms with Crippen molar-refractivity contribution in [1.82, 2.24) is 4.90 Å². The molecule has 3 rings (SSSR count). The fourth-order valence-corrected chi connectivity index (χ4v) is 3.12. The number of allylic oxidation sites excluding steroid dienone is 8. The van der Waals surface area contributed by atoms with Crippen molar-refractivity contribution in [3.8, 4) is 0 Å². The van der Waals surface area contributed by atoms with Gasteiger partial charge in [0.25, 0.3) is 0 Å². The van der Waals surface area contributed by atoms with E-state index in [9.17, 15) is 0 Å². The summed E-state index contributed by atoms with van der Waals surface area (Å²) in [7, 11) is 0. The maximum Gasteiger partial charge on any atom is 0.0362 e. The van der Waals surface area contributed by atoms with E-state index < -0.39 is 0 Å². The van der Waals surface area contributed by atoms with Crippen LogP contribution in [0.2, 0.25) is 0 Å². The van der Waals surface area contributed by atoms with E-state index >= 15 is 0 Å². The molecule has 0 spiro atoms. The van der Waals surface area contributed by atoms with Crippen LogP contribution in [0, 0.1) is 0 Å². The topological polar surface area (TPSA) is 3.24 Å². The molecule has 0 saturated heterocycles. The maximum absolute atomic E-state index is 2.57. The average molecular weight is 283 g/mol. The van der Waals surface area contributed by atoms with Crippen LogP contribution in [-0.2, 0) is 0 Å². The Hall–Kier alpha value is -1.50. The predicted octanol–water partition coefficient (Wildman–Crippen LogP) is 5.55. The third-order valence-corrected chi connectivity index (χ3v) is 4.25. The zero-order chi connectivity index (χ0) is 14.9. The van der Waals surface area contributed by atoms with Gasteiger partial charge in [0.1, 0.15) is 0 Å². The van der Waals surface area contributed by atoms with E-state index in [0.717, 1.165) is 13.0 Å². The summed E-state index contributed by atoms with van der Waals surface area (Å²) < 4.78 is 0. The Morgan fingerprint density at radius 3 is 2.57 bits per heavy atom. The highest BCUT2D eigenvalue weighted by molar-refractivity contribution is 5.43. The smallest absolute Gasteiger partial charge is 0.0362 e. The van der Waals surface area contributed by atoms with E-state index in [1.807, 2.05) is 13.8 Å². The Morgan fingerprint density at radius 2 is 1.86 bits per heavy atom. The van der Waals surface area contributed by atoms with Crippen molar-refractivity contribution in [2.24, 2.45) is 0 Å². The van der Waals surface area contributed by atoms with Crippen LogP contribution in [-0.4, -0.2) is 18.0 Å². The number of hydrogen-bond donors (Lipinski definition) is 0. The van der Waals surface area contributed by atoms with Crippen molar-refractivity contribution in [2.75, 3.05) is 13.1 Å². The molecule has 0 aromatic rings. The number of hydrogen-bond acceptors (Lipinski definition) is 1. The lowest BCUT2D eigenvalue weighted by Gasteiger charge is -2.32. The van der Waals surface area contributed by atoms with E-state index in [2.05, 4.69) is 47.4 Å². The van der Waals surface area contributed by atoms with Gasteiger partial charge in [0.05, 0.1) is 0 Å². The molecule has 0 bridgehead atoms. The van der Waals surface area contributed by atoms with Crippen LogP contribution < -0.4 is 0 Å². The van der Waals surface area contributed by atoms with Crippen LogP contribution in [0.15, 0.2) is 59.4 Å². The van der Waals surface area contributed by atoms with Gasteiger partial charge >= 0.3 is 0 Å². The van der Waals surface area contributed by atoms with Crippen LogP contribution >= 0.6 is 0 Å². The minimum Gasteiger partial charge on any atom is -0.371 e. The zero-order valence-corrected chi connectivity index (χ0v) is 13.6. The molecule has 1 aliphatic heterocycles. The van der Waals surface area contributed by atoms with Crippen LogP contribution in [0.1, 0.15) is 52.4 Å². The van der Waals surface area contributed by atoms with Gasteiger partial charge in [-0.15, -0.1) is 0 Å². The summed E-state index contributed by atoms with van der Waals surface area (Å²) in [4.78, 5) is 2.57. The van der Waals surface area contributed by atoms with E-state index in [4.69, 9.17) is 0 Å². The van der Waals surface area contributed by atoms with Gasteiger partial charge in [-0.3, -0.25) is 0 Å². The fourth-order valence-electron chi connectivity index (χ4n) is 3.12. The molecule has 0 aromatic heterocycles. The van der Waals surface area contributed by atoms with Gasteiger partial charge in [0.2, 0.25) is 0 Å². The summed E-state index contributed by atoms with van der Waals surface area (Å²) in [6, 6.07) is 0. The molecule has 0 fully saturated rings. The van der Waals surface area contributed by atoms with Crippen molar-refractivity contribution in [3.05, 3.63) is 59.4 Å². The minimum absolute atomic E-state index is 1.06. The molecule has 21 heavy (non-hydrogen) atoms. The summed E-state index contributed by atoms with van der Waals surface area (Å²) in [6.07, 6.45) is 23.6. The second-order valence-corrected chi connectivity index (χ2v) is 5.55. The van der Waals surface area contributed by atoms with Crippen LogP contribution in [0.25, 0.3) is 0 Å². The Morgan fingerprint density at radius 1 is 0.952 bits per heavy atom. The highest BCUT2D eigenvalue weighted by Crippen LogP contribution is 2.27. The van der Waals surface area contributed by atoms with Crippen molar-refractivity contribution in [3.63, 3.8) is 0 Å². The van der Waals surface area contributed by atoms with Crippen LogP contribution in [0.5, 0.6) is 0 Å². The Labute approximate surface area is 130 Å². The lowest BCUT2D eigenvalue weighted by atomic mass is 9.96. The van der Waals surface area contributed by atoms with Gasteiger partial charge in [-0.1, -0.05) is 56.4 Å². The highest BCUT2D eigenvalue weighted by atomic mass is 15.1. The van der Waals surface area contributed by atoms with Gasteiger partial charge in [-0.05, 0) is 49.7 Å². The van der Waals surface area contributed by atoms with Gasteiger partial charge in [-0.2, -0.15) is 0 Å². The summed E-state index contributed by atoms with van der Waals surface area (Å²) in [5, 5.41) is 0. The van der Waals surface area contributed by atoms with Crippen molar-refractivity contribution in [1.29, 1.82) is 0 Å². The van der Waals surface area contributed by atoms with Crippen molar-refractivity contribution < 1.29 is 0 Å².